The Morgan fingerprint density at radius 1 is 1.17 bits per heavy atom. The molecule has 1 atom stereocenters. The van der Waals surface area contributed by atoms with Gasteiger partial charge in [0.15, 0.2) is 0 Å². The van der Waals surface area contributed by atoms with Crippen molar-refractivity contribution < 1.29 is 13.7 Å². The van der Waals surface area contributed by atoms with Crippen molar-refractivity contribution in [2.24, 2.45) is 0 Å². The van der Waals surface area contributed by atoms with Crippen LogP contribution in [0, 0.1) is 5.82 Å². The highest BCUT2D eigenvalue weighted by molar-refractivity contribution is 5.78. The summed E-state index contributed by atoms with van der Waals surface area (Å²) in [7, 11) is 0. The minimum Gasteiger partial charge on any atom is -0.351 e. The second-order valence-corrected chi connectivity index (χ2v) is 7.21. The number of likely N-dealkylation sites (tertiary alicyclic amines) is 1. The van der Waals surface area contributed by atoms with Crippen LogP contribution < -0.4 is 5.32 Å². The number of halogens is 1. The number of hydrogen-bond donors (Lipinski definition) is 1. The maximum atomic E-state index is 13.5. The highest BCUT2D eigenvalue weighted by Crippen LogP contribution is 2.30. The molecule has 0 saturated carbocycles. The fourth-order valence-electron chi connectivity index (χ4n) is 3.61. The molecule has 1 aliphatic heterocycles. The monoisotopic (exact) mass is 394 g/mol. The van der Waals surface area contributed by atoms with E-state index < -0.39 is 0 Å². The number of piperidine rings is 1. The quantitative estimate of drug-likeness (QED) is 0.690. The van der Waals surface area contributed by atoms with Gasteiger partial charge in [0.05, 0.1) is 12.6 Å². The van der Waals surface area contributed by atoms with Gasteiger partial charge in [0.25, 0.3) is 0 Å². The standard InChI is InChI=1S/C22H23FN4O2/c23-18-10-6-9-17(13-18)21-25-22(29-26-21)19-11-4-5-12-27(19)15-20(28)24-14-16-7-2-1-3-8-16/h1-3,6-10,13,19H,4-5,11-12,14-15H2,(H,24,28)/t19-/m1/s1. The molecule has 0 unspecified atom stereocenters. The van der Waals surface area contributed by atoms with Crippen LogP contribution in [0.15, 0.2) is 59.1 Å². The first-order chi connectivity index (χ1) is 14.2. The summed E-state index contributed by atoms with van der Waals surface area (Å²) in [6, 6.07) is 15.8. The molecule has 0 aliphatic carbocycles. The smallest absolute Gasteiger partial charge is 0.244 e. The van der Waals surface area contributed by atoms with Crippen molar-refractivity contribution in [2.45, 2.75) is 31.8 Å². The van der Waals surface area contributed by atoms with Crippen molar-refractivity contribution in [3.05, 3.63) is 71.9 Å². The van der Waals surface area contributed by atoms with E-state index in [4.69, 9.17) is 4.52 Å². The maximum Gasteiger partial charge on any atom is 0.244 e. The van der Waals surface area contributed by atoms with Gasteiger partial charge >= 0.3 is 0 Å². The van der Waals surface area contributed by atoms with E-state index in [1.807, 2.05) is 30.3 Å². The van der Waals surface area contributed by atoms with E-state index in [2.05, 4.69) is 20.4 Å². The maximum absolute atomic E-state index is 13.5. The van der Waals surface area contributed by atoms with E-state index in [0.29, 0.717) is 23.8 Å². The second-order valence-electron chi connectivity index (χ2n) is 7.21. The van der Waals surface area contributed by atoms with Crippen LogP contribution in [0.5, 0.6) is 0 Å². The third kappa shape index (κ3) is 4.86. The van der Waals surface area contributed by atoms with Gasteiger partial charge in [-0.25, -0.2) is 4.39 Å². The molecule has 1 aromatic heterocycles. The first-order valence-corrected chi connectivity index (χ1v) is 9.83. The number of aromatic nitrogens is 2. The molecule has 150 valence electrons. The fourth-order valence-corrected chi connectivity index (χ4v) is 3.61. The number of amides is 1. The second kappa shape index (κ2) is 8.96. The zero-order valence-corrected chi connectivity index (χ0v) is 16.1. The molecule has 3 aromatic rings. The topological polar surface area (TPSA) is 71.3 Å². The molecule has 0 bridgehead atoms. The summed E-state index contributed by atoms with van der Waals surface area (Å²) in [6.45, 7) is 1.57. The normalized spacial score (nSPS) is 17.2. The lowest BCUT2D eigenvalue weighted by atomic mass is 10.0. The number of carbonyl (C=O) groups is 1. The highest BCUT2D eigenvalue weighted by Gasteiger charge is 2.30. The minimum atomic E-state index is -0.344. The molecule has 6 nitrogen and oxygen atoms in total. The molecule has 0 spiro atoms. The van der Waals surface area contributed by atoms with Gasteiger partial charge in [-0.3, -0.25) is 9.69 Å². The summed E-state index contributed by atoms with van der Waals surface area (Å²) in [5, 5.41) is 6.98. The van der Waals surface area contributed by atoms with E-state index in [0.717, 1.165) is 31.4 Å². The van der Waals surface area contributed by atoms with Gasteiger partial charge in [-0.15, -0.1) is 0 Å². The van der Waals surface area contributed by atoms with E-state index >= 15 is 0 Å². The highest BCUT2D eigenvalue weighted by atomic mass is 19.1. The van der Waals surface area contributed by atoms with Crippen LogP contribution in [-0.4, -0.2) is 34.0 Å². The van der Waals surface area contributed by atoms with Gasteiger partial charge in [0, 0.05) is 12.1 Å². The number of benzene rings is 2. The molecule has 2 aromatic carbocycles. The van der Waals surface area contributed by atoms with Crippen LogP contribution in [-0.2, 0) is 11.3 Å². The first kappa shape index (κ1) is 19.3. The number of carbonyl (C=O) groups excluding carboxylic acids is 1. The van der Waals surface area contributed by atoms with Gasteiger partial charge in [-0.2, -0.15) is 4.98 Å². The molecule has 2 heterocycles. The van der Waals surface area contributed by atoms with Crippen molar-refractivity contribution in [2.75, 3.05) is 13.1 Å². The van der Waals surface area contributed by atoms with Crippen LogP contribution in [0.25, 0.3) is 11.4 Å². The van der Waals surface area contributed by atoms with Gasteiger partial charge in [0.2, 0.25) is 17.6 Å². The van der Waals surface area contributed by atoms with Crippen LogP contribution in [0.4, 0.5) is 4.39 Å². The molecular weight excluding hydrogens is 371 g/mol. The predicted molar refractivity (Wildman–Crippen MR) is 106 cm³/mol. The third-order valence-electron chi connectivity index (χ3n) is 5.10. The number of hydrogen-bond acceptors (Lipinski definition) is 5. The molecule has 1 amide bonds. The Morgan fingerprint density at radius 3 is 2.86 bits per heavy atom. The van der Waals surface area contributed by atoms with Crippen molar-refractivity contribution in [3.63, 3.8) is 0 Å². The summed E-state index contributed by atoms with van der Waals surface area (Å²) in [4.78, 5) is 19.0. The summed E-state index contributed by atoms with van der Waals surface area (Å²) >= 11 is 0. The van der Waals surface area contributed by atoms with E-state index in [9.17, 15) is 9.18 Å². The lowest BCUT2D eigenvalue weighted by Gasteiger charge is -2.32. The summed E-state index contributed by atoms with van der Waals surface area (Å²) in [5.74, 6) is 0.451. The van der Waals surface area contributed by atoms with Gasteiger partial charge in [-0.1, -0.05) is 54.0 Å². The van der Waals surface area contributed by atoms with Crippen LogP contribution in [0.3, 0.4) is 0 Å². The molecule has 4 rings (SSSR count). The van der Waals surface area contributed by atoms with Crippen molar-refractivity contribution >= 4 is 5.91 Å². The molecule has 7 heteroatoms. The van der Waals surface area contributed by atoms with Gasteiger partial charge in [0.1, 0.15) is 5.82 Å². The zero-order valence-electron chi connectivity index (χ0n) is 16.1. The SMILES string of the molecule is O=C(CN1CCCC[C@@H]1c1nc(-c2cccc(F)c2)no1)NCc1ccccc1. The molecule has 1 fully saturated rings. The Kier molecular flexibility index (Phi) is 5.95. The lowest BCUT2D eigenvalue weighted by Crippen LogP contribution is -2.41. The van der Waals surface area contributed by atoms with E-state index in [-0.39, 0.29) is 24.3 Å². The Labute approximate surface area is 168 Å². The Hall–Kier alpha value is -3.06. The average molecular weight is 394 g/mol. The molecule has 0 radical (unpaired) electrons. The lowest BCUT2D eigenvalue weighted by molar-refractivity contribution is -0.123. The van der Waals surface area contributed by atoms with E-state index in [1.165, 1.54) is 12.1 Å². The molecule has 1 N–H and O–H groups in total. The van der Waals surface area contributed by atoms with Crippen LogP contribution in [0.2, 0.25) is 0 Å². The minimum absolute atomic E-state index is 0.0365. The summed E-state index contributed by atoms with van der Waals surface area (Å²) in [6.07, 6.45) is 2.90. The van der Waals surface area contributed by atoms with E-state index in [1.54, 1.807) is 12.1 Å². The Bertz CT molecular complexity index is 960. The van der Waals surface area contributed by atoms with Crippen molar-refractivity contribution in [3.8, 4) is 11.4 Å². The molecule has 1 aliphatic rings. The third-order valence-corrected chi connectivity index (χ3v) is 5.10. The average Bonchev–Trinajstić information content (AvgIpc) is 3.24. The summed E-state index contributed by atoms with van der Waals surface area (Å²) in [5.41, 5.74) is 1.63. The zero-order chi connectivity index (χ0) is 20.1. The predicted octanol–water partition coefficient (Wildman–Crippen LogP) is 3.72. The van der Waals surface area contributed by atoms with Crippen molar-refractivity contribution in [1.29, 1.82) is 0 Å². The molecule has 29 heavy (non-hydrogen) atoms. The first-order valence-electron chi connectivity index (χ1n) is 9.83. The van der Waals surface area contributed by atoms with Gasteiger partial charge < -0.3 is 9.84 Å². The Balaban J connectivity index is 1.42. The summed E-state index contributed by atoms with van der Waals surface area (Å²) < 4.78 is 19.0. The number of rotatable bonds is 6. The number of nitrogens with zero attached hydrogens (tertiary/aromatic N) is 3. The Morgan fingerprint density at radius 2 is 2.03 bits per heavy atom. The largest absolute Gasteiger partial charge is 0.351 e. The molecular formula is C22H23FN4O2. The molecule has 1 saturated heterocycles. The fraction of sp³-hybridized carbons (Fsp3) is 0.318. The van der Waals surface area contributed by atoms with Gasteiger partial charge in [-0.05, 0) is 37.1 Å². The van der Waals surface area contributed by atoms with Crippen molar-refractivity contribution in [1.82, 2.24) is 20.4 Å². The van der Waals surface area contributed by atoms with Crippen LogP contribution in [0.1, 0.15) is 36.8 Å². The van der Waals surface area contributed by atoms with Crippen LogP contribution >= 0.6 is 0 Å². The number of nitrogens with one attached hydrogen (secondary N) is 1.